The second-order valence-electron chi connectivity index (χ2n) is 2.56. The zero-order valence-corrected chi connectivity index (χ0v) is 8.62. The van der Waals surface area contributed by atoms with Crippen molar-refractivity contribution in [3.8, 4) is 0 Å². The van der Waals surface area contributed by atoms with Gasteiger partial charge < -0.3 is 11.1 Å². The highest BCUT2D eigenvalue weighted by Gasteiger charge is 2.00. The van der Waals surface area contributed by atoms with Gasteiger partial charge in [-0.05, 0) is 22.0 Å². The number of pyridine rings is 1. The van der Waals surface area contributed by atoms with E-state index >= 15 is 0 Å². The number of H-pyrrole nitrogens is 1. The van der Waals surface area contributed by atoms with Crippen molar-refractivity contribution >= 4 is 33.5 Å². The number of aromatic nitrogens is 4. The molecule has 0 spiro atoms. The van der Waals surface area contributed by atoms with Crippen molar-refractivity contribution in [1.82, 2.24) is 20.2 Å². The molecule has 0 saturated heterocycles. The van der Waals surface area contributed by atoms with Gasteiger partial charge in [0, 0.05) is 10.7 Å². The summed E-state index contributed by atoms with van der Waals surface area (Å²) >= 11 is 3.30. The van der Waals surface area contributed by atoms with Crippen LogP contribution >= 0.6 is 15.9 Å². The van der Waals surface area contributed by atoms with Crippen molar-refractivity contribution in [2.75, 3.05) is 11.1 Å². The van der Waals surface area contributed by atoms with Crippen molar-refractivity contribution in [2.24, 2.45) is 0 Å². The summed E-state index contributed by atoms with van der Waals surface area (Å²) < 4.78 is 0.881. The quantitative estimate of drug-likeness (QED) is 0.751. The summed E-state index contributed by atoms with van der Waals surface area (Å²) in [6, 6.07) is 1.86. The lowest BCUT2D eigenvalue weighted by atomic mass is 10.4. The first-order chi connectivity index (χ1) is 6.74. The maximum atomic E-state index is 5.37. The van der Waals surface area contributed by atoms with E-state index in [9.17, 15) is 0 Å². The summed E-state index contributed by atoms with van der Waals surface area (Å²) in [5, 5.41) is 9.29. The Morgan fingerprint density at radius 3 is 2.93 bits per heavy atom. The first kappa shape index (κ1) is 8.95. The van der Waals surface area contributed by atoms with Crippen LogP contribution in [0.25, 0.3) is 0 Å². The highest BCUT2D eigenvalue weighted by molar-refractivity contribution is 9.10. The Kier molecular flexibility index (Phi) is 2.32. The molecule has 0 aliphatic heterocycles. The number of halogens is 1. The second-order valence-corrected chi connectivity index (χ2v) is 3.48. The number of rotatable bonds is 2. The zero-order chi connectivity index (χ0) is 9.97. The number of nitrogens with two attached hydrogens (primary N) is 1. The van der Waals surface area contributed by atoms with Gasteiger partial charge in [-0.25, -0.2) is 5.10 Å². The van der Waals surface area contributed by atoms with Gasteiger partial charge in [0.05, 0.1) is 11.9 Å². The molecule has 4 N–H and O–H groups in total. The number of hydrogen-bond acceptors (Lipinski definition) is 5. The molecule has 72 valence electrons. The topological polar surface area (TPSA) is 92.5 Å². The monoisotopic (exact) mass is 254 g/mol. The Morgan fingerprint density at radius 1 is 1.43 bits per heavy atom. The van der Waals surface area contributed by atoms with Crippen molar-refractivity contribution in [3.05, 3.63) is 22.9 Å². The molecule has 2 rings (SSSR count). The van der Waals surface area contributed by atoms with Crippen LogP contribution < -0.4 is 11.1 Å². The fraction of sp³-hybridized carbons (Fsp3) is 0. The summed E-state index contributed by atoms with van der Waals surface area (Å²) in [6.45, 7) is 0. The number of nitrogens with one attached hydrogen (secondary N) is 2. The third-order valence-corrected chi connectivity index (χ3v) is 1.90. The van der Waals surface area contributed by atoms with E-state index in [1.54, 1.807) is 12.4 Å². The normalized spacial score (nSPS) is 10.1. The molecule has 0 aliphatic carbocycles. The Balaban J connectivity index is 2.18. The van der Waals surface area contributed by atoms with Crippen LogP contribution in [-0.2, 0) is 0 Å². The molecule has 6 nitrogen and oxygen atoms in total. The van der Waals surface area contributed by atoms with Gasteiger partial charge in [0.1, 0.15) is 0 Å². The molecule has 0 unspecified atom stereocenters. The minimum atomic E-state index is 0.274. The van der Waals surface area contributed by atoms with E-state index in [1.165, 1.54) is 0 Å². The van der Waals surface area contributed by atoms with E-state index in [2.05, 4.69) is 41.4 Å². The molecule has 7 heteroatoms. The van der Waals surface area contributed by atoms with Crippen LogP contribution in [0.5, 0.6) is 0 Å². The summed E-state index contributed by atoms with van der Waals surface area (Å²) in [5.74, 6) is 0.692. The lowest BCUT2D eigenvalue weighted by Gasteiger charge is -1.99. The standard InChI is InChI=1S/C7H7BrN6/c8-4-1-5(3-10-2-4)11-7-12-6(9)13-14-7/h1-3H,(H4,9,11,12,13,14). The van der Waals surface area contributed by atoms with E-state index in [-0.39, 0.29) is 5.95 Å². The maximum Gasteiger partial charge on any atom is 0.248 e. The van der Waals surface area contributed by atoms with Crippen LogP contribution in [0.1, 0.15) is 0 Å². The van der Waals surface area contributed by atoms with Crippen LogP contribution in [0, 0.1) is 0 Å². The SMILES string of the molecule is Nc1nc(Nc2cncc(Br)c2)n[nH]1. The fourth-order valence-electron chi connectivity index (χ4n) is 0.940. The predicted octanol–water partition coefficient (Wildman–Crippen LogP) is 1.29. The van der Waals surface area contributed by atoms with E-state index in [0.717, 1.165) is 10.2 Å². The lowest BCUT2D eigenvalue weighted by molar-refractivity contribution is 1.10. The van der Waals surface area contributed by atoms with E-state index in [1.807, 2.05) is 6.07 Å². The Bertz CT molecular complexity index is 439. The first-order valence-corrected chi connectivity index (χ1v) is 4.59. The highest BCUT2D eigenvalue weighted by Crippen LogP contribution is 2.16. The third kappa shape index (κ3) is 1.99. The van der Waals surface area contributed by atoms with Crippen LogP contribution in [0.4, 0.5) is 17.6 Å². The first-order valence-electron chi connectivity index (χ1n) is 3.79. The number of nitrogens with zero attached hydrogens (tertiary/aromatic N) is 3. The molecule has 0 aromatic carbocycles. The largest absolute Gasteiger partial charge is 0.368 e. The number of anilines is 3. The predicted molar refractivity (Wildman–Crippen MR) is 56.0 cm³/mol. The van der Waals surface area contributed by atoms with Crippen LogP contribution in [0.3, 0.4) is 0 Å². The molecule has 0 amide bonds. The molecular formula is C7H7BrN6. The summed E-state index contributed by atoms with van der Waals surface area (Å²) in [5.41, 5.74) is 6.16. The van der Waals surface area contributed by atoms with Crippen molar-refractivity contribution in [3.63, 3.8) is 0 Å². The van der Waals surface area contributed by atoms with Gasteiger partial charge in [-0.3, -0.25) is 4.98 Å². The molecule has 0 radical (unpaired) electrons. The zero-order valence-electron chi connectivity index (χ0n) is 7.03. The number of aromatic amines is 1. The van der Waals surface area contributed by atoms with Gasteiger partial charge in [0.2, 0.25) is 11.9 Å². The fourth-order valence-corrected chi connectivity index (χ4v) is 1.30. The Hall–Kier alpha value is -1.63. The van der Waals surface area contributed by atoms with Crippen LogP contribution in [0.15, 0.2) is 22.9 Å². The minimum absolute atomic E-state index is 0.274. The average Bonchev–Trinajstić information content (AvgIpc) is 2.51. The molecule has 0 saturated carbocycles. The summed E-state index contributed by atoms with van der Waals surface area (Å²) in [4.78, 5) is 7.87. The van der Waals surface area contributed by atoms with Crippen LogP contribution in [0.2, 0.25) is 0 Å². The van der Waals surface area contributed by atoms with E-state index in [4.69, 9.17) is 5.73 Å². The minimum Gasteiger partial charge on any atom is -0.368 e. The second kappa shape index (κ2) is 3.62. The van der Waals surface area contributed by atoms with Gasteiger partial charge in [0.15, 0.2) is 0 Å². The lowest BCUT2D eigenvalue weighted by Crippen LogP contribution is -1.93. The molecule has 0 atom stereocenters. The Labute approximate surface area is 88.1 Å². The maximum absolute atomic E-state index is 5.37. The molecule has 14 heavy (non-hydrogen) atoms. The van der Waals surface area contributed by atoms with Crippen LogP contribution in [-0.4, -0.2) is 20.2 Å². The van der Waals surface area contributed by atoms with Crippen molar-refractivity contribution in [2.45, 2.75) is 0 Å². The van der Waals surface area contributed by atoms with E-state index in [0.29, 0.717) is 5.95 Å². The van der Waals surface area contributed by atoms with Gasteiger partial charge in [-0.15, -0.1) is 5.10 Å². The van der Waals surface area contributed by atoms with Gasteiger partial charge in [-0.2, -0.15) is 4.98 Å². The molecule has 0 fully saturated rings. The molecule has 2 aromatic rings. The molecule has 2 heterocycles. The average molecular weight is 255 g/mol. The third-order valence-electron chi connectivity index (χ3n) is 1.46. The smallest absolute Gasteiger partial charge is 0.248 e. The van der Waals surface area contributed by atoms with Crippen molar-refractivity contribution in [1.29, 1.82) is 0 Å². The number of hydrogen-bond donors (Lipinski definition) is 3. The summed E-state index contributed by atoms with van der Waals surface area (Å²) in [6.07, 6.45) is 3.36. The van der Waals surface area contributed by atoms with Gasteiger partial charge in [0.25, 0.3) is 0 Å². The molecule has 0 aliphatic rings. The Morgan fingerprint density at radius 2 is 2.29 bits per heavy atom. The van der Waals surface area contributed by atoms with Gasteiger partial charge in [-0.1, -0.05) is 0 Å². The molecule has 2 aromatic heterocycles. The van der Waals surface area contributed by atoms with Crippen molar-refractivity contribution < 1.29 is 0 Å². The number of nitrogen functional groups attached to an aromatic ring is 1. The summed E-state index contributed by atoms with van der Waals surface area (Å²) in [7, 11) is 0. The molecular weight excluding hydrogens is 248 g/mol. The molecule has 0 bridgehead atoms. The van der Waals surface area contributed by atoms with Gasteiger partial charge >= 0.3 is 0 Å². The van der Waals surface area contributed by atoms with E-state index < -0.39 is 0 Å². The highest BCUT2D eigenvalue weighted by atomic mass is 79.9.